The highest BCUT2D eigenvalue weighted by Gasteiger charge is 2.39. The summed E-state index contributed by atoms with van der Waals surface area (Å²) in [6, 6.07) is 0.130. The minimum absolute atomic E-state index is 0.0185. The van der Waals surface area contributed by atoms with Gasteiger partial charge in [0.05, 0.1) is 25.0 Å². The van der Waals surface area contributed by atoms with Gasteiger partial charge in [0.25, 0.3) is 0 Å². The van der Waals surface area contributed by atoms with E-state index >= 15 is 0 Å². The van der Waals surface area contributed by atoms with Gasteiger partial charge < -0.3 is 9.64 Å². The maximum atomic E-state index is 11.8. The molecule has 3 heterocycles. The Kier molecular flexibility index (Phi) is 2.62. The molecule has 1 fully saturated rings. The van der Waals surface area contributed by atoms with Crippen LogP contribution in [0.5, 0.6) is 0 Å². The number of anilines is 2. The highest BCUT2D eigenvalue weighted by molar-refractivity contribution is 5.97. The van der Waals surface area contributed by atoms with Crippen molar-refractivity contribution < 1.29 is 14.3 Å². The molecule has 0 radical (unpaired) electrons. The number of esters is 1. The molecular formula is C12H14N4O3. The molecule has 0 saturated carbocycles. The van der Waals surface area contributed by atoms with E-state index < -0.39 is 5.97 Å². The fourth-order valence-electron chi connectivity index (χ4n) is 2.71. The molecule has 7 heteroatoms. The molecule has 0 aliphatic carbocycles. The zero-order valence-corrected chi connectivity index (χ0v) is 10.8. The third-order valence-electron chi connectivity index (χ3n) is 3.55. The molecule has 0 spiro atoms. The summed E-state index contributed by atoms with van der Waals surface area (Å²) in [5, 5.41) is 0. The van der Waals surface area contributed by atoms with Crippen LogP contribution in [0.25, 0.3) is 0 Å². The van der Waals surface area contributed by atoms with Gasteiger partial charge in [-0.2, -0.15) is 0 Å². The van der Waals surface area contributed by atoms with E-state index in [1.54, 1.807) is 11.1 Å². The lowest BCUT2D eigenvalue weighted by Gasteiger charge is -2.34. The third-order valence-corrected chi connectivity index (χ3v) is 3.55. The topological polar surface area (TPSA) is 75.6 Å². The third kappa shape index (κ3) is 1.73. The van der Waals surface area contributed by atoms with Crippen LogP contribution in [0.1, 0.15) is 24.0 Å². The molecule has 1 aromatic heterocycles. The van der Waals surface area contributed by atoms with Crippen molar-refractivity contribution in [3.05, 3.63) is 12.0 Å². The van der Waals surface area contributed by atoms with E-state index in [4.69, 9.17) is 0 Å². The van der Waals surface area contributed by atoms with Crippen molar-refractivity contribution >= 4 is 23.4 Å². The lowest BCUT2D eigenvalue weighted by atomic mass is 10.2. The van der Waals surface area contributed by atoms with Crippen LogP contribution in [0.15, 0.2) is 6.20 Å². The minimum atomic E-state index is -0.598. The summed E-state index contributed by atoms with van der Waals surface area (Å²) in [6.45, 7) is 3.19. The van der Waals surface area contributed by atoms with Gasteiger partial charge in [-0.1, -0.05) is 0 Å². The summed E-state index contributed by atoms with van der Waals surface area (Å²) >= 11 is 0. The van der Waals surface area contributed by atoms with Gasteiger partial charge in [0.2, 0.25) is 11.7 Å². The van der Waals surface area contributed by atoms with Crippen molar-refractivity contribution in [3.8, 4) is 0 Å². The number of nitrogens with zero attached hydrogens (tertiary/aromatic N) is 4. The van der Waals surface area contributed by atoms with Gasteiger partial charge in [0, 0.05) is 20.0 Å². The number of aromatic nitrogens is 2. The number of hydrogen-bond acceptors (Lipinski definition) is 6. The second-order valence-electron chi connectivity index (χ2n) is 4.67. The van der Waals surface area contributed by atoms with Crippen LogP contribution >= 0.6 is 0 Å². The second-order valence-corrected chi connectivity index (χ2v) is 4.67. The van der Waals surface area contributed by atoms with Crippen molar-refractivity contribution in [1.82, 2.24) is 9.97 Å². The molecule has 0 aromatic carbocycles. The van der Waals surface area contributed by atoms with Crippen LogP contribution < -0.4 is 9.80 Å². The van der Waals surface area contributed by atoms with Crippen LogP contribution in [0.3, 0.4) is 0 Å². The lowest BCUT2D eigenvalue weighted by Crippen LogP contribution is -2.45. The normalized spacial score (nSPS) is 20.2. The summed E-state index contributed by atoms with van der Waals surface area (Å²) in [7, 11) is 1.28. The first-order valence-electron chi connectivity index (χ1n) is 6.12. The molecule has 3 rings (SSSR count). The molecule has 1 aromatic rings. The molecule has 7 nitrogen and oxygen atoms in total. The van der Waals surface area contributed by atoms with E-state index in [0.717, 1.165) is 25.2 Å². The van der Waals surface area contributed by atoms with E-state index in [0.29, 0.717) is 5.82 Å². The van der Waals surface area contributed by atoms with Gasteiger partial charge in [-0.3, -0.25) is 9.69 Å². The zero-order valence-electron chi connectivity index (χ0n) is 10.8. The van der Waals surface area contributed by atoms with E-state index in [1.165, 1.54) is 14.0 Å². The van der Waals surface area contributed by atoms with Crippen LogP contribution in [-0.4, -0.2) is 48.1 Å². The first-order valence-corrected chi connectivity index (χ1v) is 6.12. The predicted molar refractivity (Wildman–Crippen MR) is 67.1 cm³/mol. The number of carbonyl (C=O) groups excluding carboxylic acids is 2. The standard InChI is InChI=1S/C12H14N4O3/c1-7(17)16-8-3-4-15(6-8)9-5-13-10(12(18)19-2)14-11(9)16/h5,8H,3-4,6H2,1-2H3. The monoisotopic (exact) mass is 262 g/mol. The maximum absolute atomic E-state index is 11.8. The van der Waals surface area contributed by atoms with Crippen molar-refractivity contribution in [3.63, 3.8) is 0 Å². The first-order chi connectivity index (χ1) is 9.11. The number of ether oxygens (including phenoxy) is 1. The average molecular weight is 262 g/mol. The van der Waals surface area contributed by atoms with Crippen molar-refractivity contribution in [2.75, 3.05) is 30.0 Å². The Labute approximate surface area is 110 Å². The maximum Gasteiger partial charge on any atom is 0.376 e. The fraction of sp³-hybridized carbons (Fsp3) is 0.500. The molecule has 100 valence electrons. The van der Waals surface area contributed by atoms with Crippen LogP contribution in [0, 0.1) is 0 Å². The molecule has 1 amide bonds. The summed E-state index contributed by atoms with van der Waals surface area (Å²) in [6.07, 6.45) is 2.50. The smallest absolute Gasteiger partial charge is 0.376 e. The molecular weight excluding hydrogens is 248 g/mol. The Bertz CT molecular complexity index is 560. The minimum Gasteiger partial charge on any atom is -0.463 e. The van der Waals surface area contributed by atoms with Gasteiger partial charge in [0.1, 0.15) is 0 Å². The van der Waals surface area contributed by atoms with Gasteiger partial charge in [0.15, 0.2) is 5.82 Å². The molecule has 19 heavy (non-hydrogen) atoms. The average Bonchev–Trinajstić information content (AvgIpc) is 2.81. The highest BCUT2D eigenvalue weighted by Crippen LogP contribution is 2.38. The number of hydrogen-bond donors (Lipinski definition) is 0. The van der Waals surface area contributed by atoms with Gasteiger partial charge in [-0.05, 0) is 6.42 Å². The van der Waals surface area contributed by atoms with Gasteiger partial charge >= 0.3 is 5.97 Å². The molecule has 1 unspecified atom stereocenters. The van der Waals surface area contributed by atoms with Gasteiger partial charge in [-0.25, -0.2) is 14.8 Å². The molecule has 2 bridgehead atoms. The van der Waals surface area contributed by atoms with E-state index in [1.807, 2.05) is 0 Å². The first kappa shape index (κ1) is 11.9. The fourth-order valence-corrected chi connectivity index (χ4v) is 2.71. The number of methoxy groups -OCH3 is 1. The number of rotatable bonds is 1. The summed E-state index contributed by atoms with van der Waals surface area (Å²) in [5.74, 6) is -0.173. The molecule has 1 saturated heterocycles. The SMILES string of the molecule is COC(=O)c1ncc2c(n1)N(C(C)=O)C1CCN2C1. The van der Waals surface area contributed by atoms with Crippen LogP contribution in [0.2, 0.25) is 0 Å². The largest absolute Gasteiger partial charge is 0.463 e. The zero-order chi connectivity index (χ0) is 13.6. The van der Waals surface area contributed by atoms with Crippen molar-refractivity contribution in [2.24, 2.45) is 0 Å². The van der Waals surface area contributed by atoms with Gasteiger partial charge in [-0.15, -0.1) is 0 Å². The second kappa shape index (κ2) is 4.18. The van der Waals surface area contributed by atoms with Crippen LogP contribution in [0.4, 0.5) is 11.5 Å². The molecule has 2 aliphatic rings. The summed E-state index contributed by atoms with van der Waals surface area (Å²) in [5.41, 5.74) is 0.802. The van der Waals surface area contributed by atoms with Crippen molar-refractivity contribution in [2.45, 2.75) is 19.4 Å². The van der Waals surface area contributed by atoms with E-state index in [9.17, 15) is 9.59 Å². The van der Waals surface area contributed by atoms with Crippen LogP contribution in [-0.2, 0) is 9.53 Å². The predicted octanol–water partition coefficient (Wildman–Crippen LogP) is 0.208. The number of carbonyl (C=O) groups is 2. The van der Waals surface area contributed by atoms with Crippen molar-refractivity contribution in [1.29, 1.82) is 0 Å². The molecule has 0 N–H and O–H groups in total. The summed E-state index contributed by atoms with van der Waals surface area (Å²) < 4.78 is 4.61. The Morgan fingerprint density at radius 2 is 2.26 bits per heavy atom. The molecule has 2 aliphatic heterocycles. The summed E-state index contributed by atoms with van der Waals surface area (Å²) in [4.78, 5) is 35.3. The number of fused-ring (bicyclic) bond motifs is 4. The van der Waals surface area contributed by atoms with E-state index in [2.05, 4.69) is 19.6 Å². The number of amides is 1. The molecule has 1 atom stereocenters. The lowest BCUT2D eigenvalue weighted by molar-refractivity contribution is -0.117. The highest BCUT2D eigenvalue weighted by atomic mass is 16.5. The Morgan fingerprint density at radius 1 is 1.47 bits per heavy atom. The van der Waals surface area contributed by atoms with E-state index in [-0.39, 0.29) is 17.8 Å². The quantitative estimate of drug-likeness (QED) is 0.673. The Balaban J connectivity index is 2.11. The Hall–Kier alpha value is -2.18. The Morgan fingerprint density at radius 3 is 2.95 bits per heavy atom.